The second-order valence-electron chi connectivity index (χ2n) is 9.21. The Balaban J connectivity index is 1.49. The molecule has 30 heavy (non-hydrogen) atoms. The molecule has 0 saturated heterocycles. The number of ether oxygens (including phenoxy) is 1. The minimum absolute atomic E-state index is 0.112. The molecule has 0 heterocycles. The molecule has 2 aliphatic carbocycles. The number of rotatable bonds is 6. The molecule has 5 heteroatoms. The van der Waals surface area contributed by atoms with Gasteiger partial charge in [0.1, 0.15) is 0 Å². The van der Waals surface area contributed by atoms with E-state index >= 15 is 0 Å². The molecule has 0 bridgehead atoms. The summed E-state index contributed by atoms with van der Waals surface area (Å²) in [6.07, 6.45) is 11.4. The van der Waals surface area contributed by atoms with Crippen LogP contribution in [0.3, 0.4) is 0 Å². The van der Waals surface area contributed by atoms with Gasteiger partial charge in [-0.3, -0.25) is 0 Å². The number of unbranched alkanes of at least 4 members (excludes halogenated alkanes) is 1. The molecule has 2 aliphatic rings. The molecule has 0 radical (unpaired) electrons. The van der Waals surface area contributed by atoms with Gasteiger partial charge in [-0.05, 0) is 72.8 Å². The third-order valence-corrected chi connectivity index (χ3v) is 7.38. The number of halogens is 4. The molecule has 4 rings (SSSR count). The van der Waals surface area contributed by atoms with Gasteiger partial charge in [0.05, 0.1) is 0 Å². The highest BCUT2D eigenvalue weighted by Crippen LogP contribution is 2.48. The maximum atomic E-state index is 14.5. The largest absolute Gasteiger partial charge is 0.429 e. The maximum absolute atomic E-state index is 14.5. The van der Waals surface area contributed by atoms with Gasteiger partial charge >= 0.3 is 6.61 Å². The van der Waals surface area contributed by atoms with Crippen molar-refractivity contribution in [1.82, 2.24) is 0 Å². The van der Waals surface area contributed by atoms with Crippen LogP contribution in [0, 0.1) is 29.4 Å². The fraction of sp³-hybridized carbons (Fsp3) is 0.600. The Morgan fingerprint density at radius 3 is 2.53 bits per heavy atom. The summed E-state index contributed by atoms with van der Waals surface area (Å²) in [6.45, 7) is -1.01. The van der Waals surface area contributed by atoms with Crippen molar-refractivity contribution in [2.75, 3.05) is 0 Å². The Bertz CT molecular complexity index is 881. The van der Waals surface area contributed by atoms with E-state index in [1.165, 1.54) is 44.9 Å². The van der Waals surface area contributed by atoms with E-state index in [1.807, 2.05) is 12.1 Å². The molecule has 0 aliphatic heterocycles. The van der Waals surface area contributed by atoms with Gasteiger partial charge in [-0.2, -0.15) is 8.78 Å². The molecular weight excluding hydrogens is 392 g/mol. The predicted molar refractivity (Wildman–Crippen MR) is 111 cm³/mol. The van der Waals surface area contributed by atoms with Gasteiger partial charge in [0.25, 0.3) is 0 Å². The summed E-state index contributed by atoms with van der Waals surface area (Å²) in [7, 11) is 0. The van der Waals surface area contributed by atoms with Crippen molar-refractivity contribution in [2.45, 2.75) is 77.2 Å². The number of hydrogen-bond acceptors (Lipinski definition) is 1. The third kappa shape index (κ3) is 4.45. The van der Waals surface area contributed by atoms with Gasteiger partial charge in [0.2, 0.25) is 0 Å². The Morgan fingerprint density at radius 1 is 1.00 bits per heavy atom. The van der Waals surface area contributed by atoms with E-state index in [2.05, 4.69) is 11.7 Å². The van der Waals surface area contributed by atoms with Crippen LogP contribution in [0.25, 0.3) is 10.8 Å². The van der Waals surface area contributed by atoms with Gasteiger partial charge in [0.15, 0.2) is 17.4 Å². The molecule has 0 amide bonds. The fourth-order valence-corrected chi connectivity index (χ4v) is 5.82. The molecule has 2 aromatic carbocycles. The smallest absolute Gasteiger partial charge is 0.387 e. The van der Waals surface area contributed by atoms with Crippen LogP contribution in [0.5, 0.6) is 5.75 Å². The van der Waals surface area contributed by atoms with E-state index < -0.39 is 24.0 Å². The van der Waals surface area contributed by atoms with Crippen molar-refractivity contribution in [3.8, 4) is 5.75 Å². The first-order valence-electron chi connectivity index (χ1n) is 11.3. The number of fused-ring (bicyclic) bond motifs is 2. The summed E-state index contributed by atoms with van der Waals surface area (Å²) in [4.78, 5) is 0. The van der Waals surface area contributed by atoms with Crippen LogP contribution in [0.2, 0.25) is 0 Å². The topological polar surface area (TPSA) is 9.23 Å². The van der Waals surface area contributed by atoms with Gasteiger partial charge < -0.3 is 4.74 Å². The number of alkyl halides is 2. The Kier molecular flexibility index (Phi) is 6.54. The first-order chi connectivity index (χ1) is 14.5. The Labute approximate surface area is 175 Å². The SMILES string of the molecule is CCCC[C@@H]1CC[C@@H]2CC(c3ccc4c(F)c(OC(F)F)c(F)cc4c3)CCC2C1. The summed E-state index contributed by atoms with van der Waals surface area (Å²) in [5.74, 6) is -0.318. The lowest BCUT2D eigenvalue weighted by atomic mass is 9.63. The van der Waals surface area contributed by atoms with E-state index in [-0.39, 0.29) is 5.39 Å². The summed E-state index contributed by atoms with van der Waals surface area (Å²) in [5.41, 5.74) is 1.09. The predicted octanol–water partition coefficient (Wildman–Crippen LogP) is 8.21. The number of hydrogen-bond donors (Lipinski definition) is 0. The molecule has 0 N–H and O–H groups in total. The molecular formula is C25H30F4O. The van der Waals surface area contributed by atoms with Crippen LogP contribution >= 0.6 is 0 Å². The molecule has 0 spiro atoms. The highest BCUT2D eigenvalue weighted by Gasteiger charge is 2.35. The second kappa shape index (κ2) is 9.15. The minimum Gasteiger partial charge on any atom is -0.429 e. The Hall–Kier alpha value is -1.78. The van der Waals surface area contributed by atoms with Crippen LogP contribution in [0.15, 0.2) is 24.3 Å². The van der Waals surface area contributed by atoms with Gasteiger partial charge in [-0.1, -0.05) is 50.8 Å². The van der Waals surface area contributed by atoms with Crippen LogP contribution in [0.4, 0.5) is 17.6 Å². The van der Waals surface area contributed by atoms with E-state index in [0.717, 1.165) is 42.2 Å². The average Bonchev–Trinajstić information content (AvgIpc) is 2.74. The zero-order valence-corrected chi connectivity index (χ0v) is 17.5. The molecule has 1 nitrogen and oxygen atoms in total. The summed E-state index contributed by atoms with van der Waals surface area (Å²) < 4.78 is 57.6. The van der Waals surface area contributed by atoms with E-state index in [1.54, 1.807) is 6.07 Å². The van der Waals surface area contributed by atoms with E-state index in [9.17, 15) is 17.6 Å². The first-order valence-corrected chi connectivity index (χ1v) is 11.3. The standard InChI is InChI=1S/C25H30F4O/c1-2-3-4-15-5-6-17-12-18(8-7-16(17)11-15)19-9-10-21-20(13-19)14-22(26)24(23(21)27)30-25(28)29/h9-10,13-18,25H,2-8,11-12H2,1H3/t15-,16?,17-,18?/m1/s1. The lowest BCUT2D eigenvalue weighted by Crippen LogP contribution is -2.30. The summed E-state index contributed by atoms with van der Waals surface area (Å²) in [6, 6.07) is 6.37. The highest BCUT2D eigenvalue weighted by atomic mass is 19.3. The molecule has 164 valence electrons. The van der Waals surface area contributed by atoms with Gasteiger partial charge in [-0.25, -0.2) is 8.78 Å². The average molecular weight is 423 g/mol. The van der Waals surface area contributed by atoms with Crippen LogP contribution in [-0.4, -0.2) is 6.61 Å². The zero-order chi connectivity index (χ0) is 21.3. The summed E-state index contributed by atoms with van der Waals surface area (Å²) in [5, 5.41) is 0.510. The van der Waals surface area contributed by atoms with Crippen molar-refractivity contribution in [3.05, 3.63) is 41.5 Å². The van der Waals surface area contributed by atoms with Crippen molar-refractivity contribution in [1.29, 1.82) is 0 Å². The molecule has 2 fully saturated rings. The summed E-state index contributed by atoms with van der Waals surface area (Å²) >= 11 is 0. The van der Waals surface area contributed by atoms with Crippen molar-refractivity contribution in [3.63, 3.8) is 0 Å². The minimum atomic E-state index is -3.27. The van der Waals surface area contributed by atoms with E-state index in [4.69, 9.17) is 0 Å². The van der Waals surface area contributed by atoms with Crippen molar-refractivity contribution in [2.24, 2.45) is 17.8 Å². The zero-order valence-electron chi connectivity index (χ0n) is 17.5. The molecule has 2 aromatic rings. The lowest BCUT2D eigenvalue weighted by Gasteiger charge is -2.42. The van der Waals surface area contributed by atoms with Crippen LogP contribution in [0.1, 0.15) is 76.2 Å². The normalized spacial score (nSPS) is 26.7. The molecule has 2 saturated carbocycles. The molecule has 2 unspecified atom stereocenters. The van der Waals surface area contributed by atoms with Gasteiger partial charge in [0, 0.05) is 5.39 Å². The Morgan fingerprint density at radius 2 is 1.77 bits per heavy atom. The number of benzene rings is 2. The fourth-order valence-electron chi connectivity index (χ4n) is 5.82. The maximum Gasteiger partial charge on any atom is 0.387 e. The highest BCUT2D eigenvalue weighted by molar-refractivity contribution is 5.85. The van der Waals surface area contributed by atoms with Crippen LogP contribution < -0.4 is 4.74 Å². The van der Waals surface area contributed by atoms with Crippen LogP contribution in [-0.2, 0) is 0 Å². The lowest BCUT2D eigenvalue weighted by molar-refractivity contribution is -0.0544. The van der Waals surface area contributed by atoms with Gasteiger partial charge in [-0.15, -0.1) is 0 Å². The molecule has 0 aromatic heterocycles. The second-order valence-corrected chi connectivity index (χ2v) is 9.21. The van der Waals surface area contributed by atoms with E-state index in [0.29, 0.717) is 11.3 Å². The molecule has 4 atom stereocenters. The van der Waals surface area contributed by atoms with Crippen molar-refractivity contribution >= 4 is 10.8 Å². The van der Waals surface area contributed by atoms with Crippen molar-refractivity contribution < 1.29 is 22.3 Å². The quantitative estimate of drug-likeness (QED) is 0.426. The first kappa shape index (κ1) is 21.5. The monoisotopic (exact) mass is 422 g/mol. The third-order valence-electron chi connectivity index (χ3n) is 7.38.